The first-order chi connectivity index (χ1) is 14.6. The first-order valence-electron chi connectivity index (χ1n) is 9.12. The topological polar surface area (TPSA) is 132 Å². The normalized spacial score (nSPS) is 13.5. The van der Waals surface area contributed by atoms with Crippen molar-refractivity contribution >= 4 is 15.7 Å². The molecule has 0 unspecified atom stereocenters. The number of halogens is 1. The van der Waals surface area contributed by atoms with Gasteiger partial charge in [0.05, 0.1) is 0 Å². The van der Waals surface area contributed by atoms with Gasteiger partial charge in [0.15, 0.2) is 14.6 Å². The van der Waals surface area contributed by atoms with Crippen LogP contribution in [0.3, 0.4) is 0 Å². The van der Waals surface area contributed by atoms with Crippen molar-refractivity contribution < 1.29 is 27.3 Å². The Labute approximate surface area is 177 Å². The van der Waals surface area contributed by atoms with E-state index in [1.54, 1.807) is 30.3 Å². The molecule has 0 spiro atoms. The maximum atomic E-state index is 14.7. The summed E-state index contributed by atoms with van der Waals surface area (Å²) in [5.74, 6) is -1.83. The van der Waals surface area contributed by atoms with E-state index in [1.165, 1.54) is 11.7 Å². The molecule has 164 valence electrons. The maximum absolute atomic E-state index is 14.7. The summed E-state index contributed by atoms with van der Waals surface area (Å²) >= 11 is 0. The molecule has 9 nitrogen and oxygen atoms in total. The fourth-order valence-corrected chi connectivity index (χ4v) is 3.89. The summed E-state index contributed by atoms with van der Waals surface area (Å²) in [5, 5.41) is 12.7. The summed E-state index contributed by atoms with van der Waals surface area (Å²) in [4.78, 5) is 24.4. The van der Waals surface area contributed by atoms with Crippen LogP contribution < -0.4 is 11.0 Å². The van der Waals surface area contributed by atoms with Crippen LogP contribution in [0.15, 0.2) is 58.2 Å². The van der Waals surface area contributed by atoms with E-state index in [0.29, 0.717) is 11.3 Å². The highest BCUT2D eigenvalue weighted by Crippen LogP contribution is 2.26. The predicted octanol–water partition coefficient (Wildman–Crippen LogP) is 2.01. The van der Waals surface area contributed by atoms with Crippen LogP contribution in [0.25, 0.3) is 22.4 Å². The molecular weight excluding hydrogens is 429 g/mol. The molecule has 0 fully saturated rings. The number of hydrogen-bond donors (Lipinski definition) is 2. The Kier molecular flexibility index (Phi) is 6.09. The van der Waals surface area contributed by atoms with E-state index in [4.69, 9.17) is 9.73 Å². The second kappa shape index (κ2) is 8.44. The van der Waals surface area contributed by atoms with Crippen LogP contribution in [0.1, 0.15) is 13.3 Å². The molecule has 0 radical (unpaired) electrons. The van der Waals surface area contributed by atoms with Gasteiger partial charge < -0.3 is 9.09 Å². The third-order valence-corrected chi connectivity index (χ3v) is 7.26. The van der Waals surface area contributed by atoms with Crippen molar-refractivity contribution in [2.75, 3.05) is 6.26 Å². The van der Waals surface area contributed by atoms with Gasteiger partial charge in [-0.15, -0.1) is 0 Å². The van der Waals surface area contributed by atoms with Gasteiger partial charge in [-0.25, -0.2) is 18.3 Å². The fraction of sp³-hybridized carbons (Fsp3) is 0.250. The Morgan fingerprint density at radius 1 is 1.26 bits per heavy atom. The lowest BCUT2D eigenvalue weighted by Crippen LogP contribution is -2.50. The number of hydrogen-bond acceptors (Lipinski definition) is 7. The van der Waals surface area contributed by atoms with E-state index in [9.17, 15) is 22.4 Å². The minimum Gasteiger partial charge on any atom is -0.364 e. The molecule has 31 heavy (non-hydrogen) atoms. The third-order valence-electron chi connectivity index (χ3n) is 5.24. The molecule has 1 amide bonds. The van der Waals surface area contributed by atoms with E-state index < -0.39 is 31.9 Å². The van der Waals surface area contributed by atoms with E-state index in [0.717, 1.165) is 35.6 Å². The smallest absolute Gasteiger partial charge is 0.264 e. The highest BCUT2D eigenvalue weighted by atomic mass is 32.2. The molecule has 0 bridgehead atoms. The molecule has 0 saturated carbocycles. The molecule has 1 atom stereocenters. The number of aromatic nitrogens is 2. The molecule has 2 N–H and O–H groups in total. The van der Waals surface area contributed by atoms with Crippen LogP contribution in [0.5, 0.6) is 0 Å². The van der Waals surface area contributed by atoms with Gasteiger partial charge in [0, 0.05) is 42.3 Å². The van der Waals surface area contributed by atoms with Crippen LogP contribution in [0.2, 0.25) is 0 Å². The lowest BCUT2D eigenvalue weighted by Gasteiger charge is -2.25. The Bertz CT molecular complexity index is 1250. The average Bonchev–Trinajstić information content (AvgIpc) is 3.27. The second-order valence-corrected chi connectivity index (χ2v) is 9.67. The van der Waals surface area contributed by atoms with E-state index in [-0.39, 0.29) is 18.5 Å². The largest absolute Gasteiger partial charge is 0.364 e. The number of aryl methyl sites for hydroxylation is 1. The molecule has 1 aromatic carbocycles. The van der Waals surface area contributed by atoms with Crippen LogP contribution in [-0.2, 0) is 21.2 Å². The quantitative estimate of drug-likeness (QED) is 0.417. The van der Waals surface area contributed by atoms with Crippen molar-refractivity contribution in [3.05, 3.63) is 65.0 Å². The highest BCUT2D eigenvalue weighted by Gasteiger charge is 2.43. The maximum Gasteiger partial charge on any atom is 0.264 e. The molecule has 0 aliphatic carbocycles. The van der Waals surface area contributed by atoms with E-state index in [1.807, 2.05) is 0 Å². The average molecular weight is 449 g/mol. The van der Waals surface area contributed by atoms with Crippen molar-refractivity contribution in [1.29, 1.82) is 0 Å². The number of nitrogens with one attached hydrogen (secondary N) is 1. The molecule has 11 heteroatoms. The van der Waals surface area contributed by atoms with Gasteiger partial charge in [-0.2, -0.15) is 0 Å². The minimum atomic E-state index is -3.94. The van der Waals surface area contributed by atoms with Crippen LogP contribution in [-0.4, -0.2) is 40.3 Å². The number of carbonyl (C=O) groups excluding carboxylic acids is 1. The lowest BCUT2D eigenvalue weighted by atomic mass is 10.0. The number of carbonyl (C=O) groups is 1. The monoisotopic (exact) mass is 449 g/mol. The van der Waals surface area contributed by atoms with Crippen LogP contribution >= 0.6 is 0 Å². The van der Waals surface area contributed by atoms with Crippen molar-refractivity contribution in [1.82, 2.24) is 15.2 Å². The summed E-state index contributed by atoms with van der Waals surface area (Å²) in [6.45, 7) is 0.873. The van der Waals surface area contributed by atoms with Crippen molar-refractivity contribution in [3.8, 4) is 22.4 Å². The van der Waals surface area contributed by atoms with Gasteiger partial charge in [-0.05, 0) is 18.9 Å². The number of rotatable bonds is 7. The SMILES string of the molecule is C[C@@](CCn1cc(F)c(-c2ccc(-c3ccon3)cc2)cc1=O)(C(=O)NO)S(C)(=O)=O. The van der Waals surface area contributed by atoms with E-state index in [2.05, 4.69) is 5.16 Å². The first kappa shape index (κ1) is 22.4. The number of pyridine rings is 1. The zero-order chi connectivity index (χ0) is 22.8. The summed E-state index contributed by atoms with van der Waals surface area (Å²) < 4.78 is 42.6. The number of benzene rings is 1. The number of sulfone groups is 1. The number of amides is 1. The van der Waals surface area contributed by atoms with E-state index >= 15 is 0 Å². The van der Waals surface area contributed by atoms with Gasteiger partial charge in [0.25, 0.3) is 11.5 Å². The van der Waals surface area contributed by atoms with Gasteiger partial charge in [-0.3, -0.25) is 14.8 Å². The van der Waals surface area contributed by atoms with Crippen molar-refractivity contribution in [3.63, 3.8) is 0 Å². The van der Waals surface area contributed by atoms with Crippen LogP contribution in [0.4, 0.5) is 4.39 Å². The zero-order valence-electron chi connectivity index (χ0n) is 16.7. The fourth-order valence-electron chi connectivity index (χ4n) is 3.04. The Morgan fingerprint density at radius 2 is 1.90 bits per heavy atom. The summed E-state index contributed by atoms with van der Waals surface area (Å²) in [7, 11) is -3.94. The summed E-state index contributed by atoms with van der Waals surface area (Å²) in [5.41, 5.74) is 2.67. The number of hydroxylamine groups is 1. The molecule has 0 saturated heterocycles. The summed E-state index contributed by atoms with van der Waals surface area (Å²) in [6.07, 6.45) is 2.89. The van der Waals surface area contributed by atoms with Crippen molar-refractivity contribution in [2.24, 2.45) is 0 Å². The Morgan fingerprint density at radius 3 is 2.45 bits per heavy atom. The third kappa shape index (κ3) is 4.42. The number of nitrogens with zero attached hydrogens (tertiary/aromatic N) is 2. The summed E-state index contributed by atoms with van der Waals surface area (Å²) in [6, 6.07) is 9.48. The molecule has 2 heterocycles. The molecule has 3 aromatic rings. The molecule has 0 aliphatic heterocycles. The second-order valence-electron chi connectivity index (χ2n) is 7.22. The Balaban J connectivity index is 1.87. The predicted molar refractivity (Wildman–Crippen MR) is 109 cm³/mol. The molecule has 0 aliphatic rings. The molecule has 3 rings (SSSR count). The standard InChI is InChI=1S/C20H20FN3O6S/c1-20(19(26)22-27,31(2,28)29)8-9-24-12-16(21)15(11-18(24)25)13-3-5-14(6-4-13)17-7-10-30-23-17/h3-7,10-12,27H,8-9H2,1-2H3,(H,22,26)/t20-/m1/s1. The molecule has 2 aromatic heterocycles. The Hall–Kier alpha value is -3.31. The van der Waals surface area contributed by atoms with Gasteiger partial charge in [-0.1, -0.05) is 29.4 Å². The van der Waals surface area contributed by atoms with Gasteiger partial charge in [0.2, 0.25) is 0 Å². The van der Waals surface area contributed by atoms with Crippen LogP contribution in [0, 0.1) is 5.82 Å². The molecular formula is C20H20FN3O6S. The highest BCUT2D eigenvalue weighted by molar-refractivity contribution is 7.92. The minimum absolute atomic E-state index is 0.0759. The zero-order valence-corrected chi connectivity index (χ0v) is 17.5. The lowest BCUT2D eigenvalue weighted by molar-refractivity contribution is -0.131. The van der Waals surface area contributed by atoms with Gasteiger partial charge >= 0.3 is 0 Å². The van der Waals surface area contributed by atoms with Crippen molar-refractivity contribution in [2.45, 2.75) is 24.6 Å². The van der Waals surface area contributed by atoms with Gasteiger partial charge in [0.1, 0.15) is 17.8 Å². The first-order valence-corrected chi connectivity index (χ1v) is 11.0.